The summed E-state index contributed by atoms with van der Waals surface area (Å²) in [6.07, 6.45) is 1.95. The molecule has 144 valence electrons. The molecule has 0 aliphatic carbocycles. The van der Waals surface area contributed by atoms with Gasteiger partial charge in [0.2, 0.25) is 11.3 Å². The molecule has 1 heterocycles. The number of para-hydroxylation sites is 1. The van der Waals surface area contributed by atoms with Gasteiger partial charge in [-0.05, 0) is 29.7 Å². The van der Waals surface area contributed by atoms with E-state index >= 15 is 0 Å². The van der Waals surface area contributed by atoms with Gasteiger partial charge in [-0.1, -0.05) is 72.8 Å². The van der Waals surface area contributed by atoms with Crippen LogP contribution in [0.1, 0.15) is 17.2 Å². The maximum atomic E-state index is 12.9. The molecule has 0 saturated heterocycles. The number of fused-ring (bicyclic) bond motifs is 1. The molecule has 4 rings (SSSR count). The van der Waals surface area contributed by atoms with Crippen molar-refractivity contribution in [1.29, 1.82) is 0 Å². The van der Waals surface area contributed by atoms with E-state index in [1.165, 1.54) is 6.20 Å². The van der Waals surface area contributed by atoms with Gasteiger partial charge in [0.05, 0.1) is 17.8 Å². The van der Waals surface area contributed by atoms with Crippen LogP contribution in [-0.2, 0) is 17.8 Å². The number of carbonyl (C=O) groups is 1. The first kappa shape index (κ1) is 18.6. The maximum Gasteiger partial charge on any atom is 0.242 e. The predicted molar refractivity (Wildman–Crippen MR) is 113 cm³/mol. The molecule has 4 aromatic rings. The van der Waals surface area contributed by atoms with Crippen LogP contribution in [0.4, 0.5) is 0 Å². The number of nitrogens with zero attached hydrogens (tertiary/aromatic N) is 2. The predicted octanol–water partition coefficient (Wildman–Crippen LogP) is 3.50. The number of amides is 1. The lowest BCUT2D eigenvalue weighted by molar-refractivity contribution is -0.122. The van der Waals surface area contributed by atoms with Crippen LogP contribution < -0.4 is 10.7 Å². The molecule has 1 atom stereocenters. The van der Waals surface area contributed by atoms with Crippen LogP contribution in [-0.4, -0.2) is 15.7 Å². The molecule has 0 fully saturated rings. The van der Waals surface area contributed by atoms with E-state index in [1.54, 1.807) is 22.9 Å². The highest BCUT2D eigenvalue weighted by Crippen LogP contribution is 2.18. The first-order valence-corrected chi connectivity index (χ1v) is 9.54. The van der Waals surface area contributed by atoms with Crippen molar-refractivity contribution in [2.45, 2.75) is 19.0 Å². The van der Waals surface area contributed by atoms with Gasteiger partial charge in [0.1, 0.15) is 6.54 Å². The number of aromatic nitrogens is 2. The molecular weight excluding hydrogens is 362 g/mol. The number of hydrogen-bond donors (Lipinski definition) is 1. The molecule has 5 heteroatoms. The molecule has 5 nitrogen and oxygen atoms in total. The molecule has 1 N–H and O–H groups in total. The summed E-state index contributed by atoms with van der Waals surface area (Å²) >= 11 is 0. The average Bonchev–Trinajstić information content (AvgIpc) is 2.77. The standard InChI is InChI=1S/C24H21N3O2/c28-23-16-25-27(22-14-8-7-13-20(22)23)17-24(29)26-21(19-11-5-2-6-12-19)15-18-9-3-1-4-10-18/h1-14,16,21H,15,17H2,(H,26,29). The Kier molecular flexibility index (Phi) is 5.47. The lowest BCUT2D eigenvalue weighted by Gasteiger charge is -2.20. The number of nitrogens with one attached hydrogen (secondary N) is 1. The van der Waals surface area contributed by atoms with Crippen LogP contribution in [0.25, 0.3) is 10.9 Å². The second-order valence-corrected chi connectivity index (χ2v) is 6.90. The Morgan fingerprint density at radius 1 is 0.897 bits per heavy atom. The quantitative estimate of drug-likeness (QED) is 0.554. The third-order valence-electron chi connectivity index (χ3n) is 4.88. The van der Waals surface area contributed by atoms with Crippen molar-refractivity contribution < 1.29 is 4.79 Å². The summed E-state index contributed by atoms with van der Waals surface area (Å²) < 4.78 is 1.57. The fraction of sp³-hybridized carbons (Fsp3) is 0.125. The van der Waals surface area contributed by atoms with Crippen LogP contribution in [0.2, 0.25) is 0 Å². The van der Waals surface area contributed by atoms with Gasteiger partial charge < -0.3 is 5.32 Å². The zero-order chi connectivity index (χ0) is 20.1. The Morgan fingerprint density at radius 3 is 2.31 bits per heavy atom. The second kappa shape index (κ2) is 8.52. The molecule has 3 aromatic carbocycles. The lowest BCUT2D eigenvalue weighted by atomic mass is 9.99. The Morgan fingerprint density at radius 2 is 1.55 bits per heavy atom. The third kappa shape index (κ3) is 4.41. The van der Waals surface area contributed by atoms with Gasteiger partial charge >= 0.3 is 0 Å². The Hall–Kier alpha value is -3.73. The van der Waals surface area contributed by atoms with Crippen LogP contribution in [0.15, 0.2) is 95.9 Å². The maximum absolute atomic E-state index is 12.9. The van der Waals surface area contributed by atoms with Crippen molar-refractivity contribution in [1.82, 2.24) is 15.1 Å². The largest absolute Gasteiger partial charge is 0.347 e. The highest BCUT2D eigenvalue weighted by Gasteiger charge is 2.16. The zero-order valence-electron chi connectivity index (χ0n) is 15.9. The smallest absolute Gasteiger partial charge is 0.242 e. The van der Waals surface area contributed by atoms with Gasteiger partial charge in [-0.2, -0.15) is 5.10 Å². The van der Waals surface area contributed by atoms with E-state index in [2.05, 4.69) is 22.5 Å². The van der Waals surface area contributed by atoms with E-state index in [9.17, 15) is 9.59 Å². The Balaban J connectivity index is 1.57. The molecule has 0 saturated carbocycles. The van der Waals surface area contributed by atoms with Gasteiger partial charge in [-0.15, -0.1) is 0 Å². The molecule has 0 spiro atoms. The number of hydrogen-bond acceptors (Lipinski definition) is 3. The molecule has 29 heavy (non-hydrogen) atoms. The van der Waals surface area contributed by atoms with E-state index in [0.717, 1.165) is 11.1 Å². The molecule has 1 amide bonds. The first-order valence-electron chi connectivity index (χ1n) is 9.54. The summed E-state index contributed by atoms with van der Waals surface area (Å²) in [6, 6.07) is 27.0. The fourth-order valence-corrected chi connectivity index (χ4v) is 3.45. The van der Waals surface area contributed by atoms with Crippen molar-refractivity contribution in [3.05, 3.63) is 112 Å². The number of benzene rings is 3. The van der Waals surface area contributed by atoms with Crippen molar-refractivity contribution in [2.24, 2.45) is 0 Å². The second-order valence-electron chi connectivity index (χ2n) is 6.90. The summed E-state index contributed by atoms with van der Waals surface area (Å²) in [5.41, 5.74) is 2.69. The van der Waals surface area contributed by atoms with Crippen LogP contribution >= 0.6 is 0 Å². The summed E-state index contributed by atoms with van der Waals surface area (Å²) in [6.45, 7) is 0.0406. The summed E-state index contributed by atoms with van der Waals surface area (Å²) in [5.74, 6) is -0.156. The van der Waals surface area contributed by atoms with E-state index < -0.39 is 0 Å². The molecule has 1 unspecified atom stereocenters. The average molecular weight is 383 g/mol. The SMILES string of the molecule is O=C(Cn1ncc(=O)c2ccccc21)NC(Cc1ccccc1)c1ccccc1. The molecular formula is C24H21N3O2. The first-order chi connectivity index (χ1) is 14.2. The van der Waals surface area contributed by atoms with Crippen molar-refractivity contribution in [2.75, 3.05) is 0 Å². The molecule has 0 bridgehead atoms. The van der Waals surface area contributed by atoms with Gasteiger partial charge in [-0.3, -0.25) is 14.3 Å². The van der Waals surface area contributed by atoms with Gasteiger partial charge in [-0.25, -0.2) is 0 Å². The topological polar surface area (TPSA) is 64.0 Å². The van der Waals surface area contributed by atoms with Crippen molar-refractivity contribution in [3.63, 3.8) is 0 Å². The minimum absolute atomic E-state index is 0.0406. The van der Waals surface area contributed by atoms with Gasteiger partial charge in [0.15, 0.2) is 0 Å². The minimum atomic E-state index is -0.156. The van der Waals surface area contributed by atoms with Crippen molar-refractivity contribution in [3.8, 4) is 0 Å². The third-order valence-corrected chi connectivity index (χ3v) is 4.88. The Bertz CT molecular complexity index is 1170. The summed E-state index contributed by atoms with van der Waals surface area (Å²) in [4.78, 5) is 24.9. The zero-order valence-corrected chi connectivity index (χ0v) is 15.9. The highest BCUT2D eigenvalue weighted by atomic mass is 16.2. The summed E-state index contributed by atoms with van der Waals surface area (Å²) in [7, 11) is 0. The fourth-order valence-electron chi connectivity index (χ4n) is 3.45. The number of rotatable bonds is 6. The monoisotopic (exact) mass is 383 g/mol. The van der Waals surface area contributed by atoms with Crippen LogP contribution in [0, 0.1) is 0 Å². The van der Waals surface area contributed by atoms with Crippen LogP contribution in [0.5, 0.6) is 0 Å². The van der Waals surface area contributed by atoms with E-state index in [-0.39, 0.29) is 23.9 Å². The highest BCUT2D eigenvalue weighted by molar-refractivity contribution is 5.81. The molecule has 0 aliphatic heterocycles. The van der Waals surface area contributed by atoms with E-state index in [4.69, 9.17) is 0 Å². The lowest BCUT2D eigenvalue weighted by Crippen LogP contribution is -2.33. The number of carbonyl (C=O) groups excluding carboxylic acids is 1. The van der Waals surface area contributed by atoms with Gasteiger partial charge in [0.25, 0.3) is 0 Å². The Labute approximate surface area is 168 Å². The molecule has 0 radical (unpaired) electrons. The minimum Gasteiger partial charge on any atom is -0.347 e. The molecule has 0 aliphatic rings. The van der Waals surface area contributed by atoms with Crippen LogP contribution in [0.3, 0.4) is 0 Å². The van der Waals surface area contributed by atoms with Gasteiger partial charge in [0, 0.05) is 5.39 Å². The summed E-state index contributed by atoms with van der Waals surface area (Å²) in [5, 5.41) is 7.84. The van der Waals surface area contributed by atoms with E-state index in [0.29, 0.717) is 17.3 Å². The normalized spacial score (nSPS) is 11.9. The molecule has 1 aromatic heterocycles. The van der Waals surface area contributed by atoms with Crippen molar-refractivity contribution >= 4 is 16.8 Å². The van der Waals surface area contributed by atoms with E-state index in [1.807, 2.05) is 54.6 Å².